The Kier molecular flexibility index (Phi) is 4.88. The molecule has 1 saturated heterocycles. The monoisotopic (exact) mass is 341 g/mol. The van der Waals surface area contributed by atoms with Gasteiger partial charge in [0.15, 0.2) is 0 Å². The molecule has 1 aliphatic heterocycles. The third-order valence-corrected chi connectivity index (χ3v) is 5.15. The number of aliphatic carboxylic acids is 1. The van der Waals surface area contributed by atoms with Crippen LogP contribution in [-0.4, -0.2) is 45.2 Å². The lowest BCUT2D eigenvalue weighted by Crippen LogP contribution is -2.30. The molecule has 0 radical (unpaired) electrons. The quantitative estimate of drug-likeness (QED) is 0.873. The minimum Gasteiger partial charge on any atom is -0.481 e. The molecule has 0 unspecified atom stereocenters. The van der Waals surface area contributed by atoms with Crippen LogP contribution >= 0.6 is 0 Å². The van der Waals surface area contributed by atoms with Crippen LogP contribution in [0.5, 0.6) is 0 Å². The highest BCUT2D eigenvalue weighted by Crippen LogP contribution is 2.33. The van der Waals surface area contributed by atoms with Crippen molar-refractivity contribution < 1.29 is 14.7 Å². The zero-order valence-electron chi connectivity index (χ0n) is 14.5. The van der Waals surface area contributed by atoms with E-state index in [1.54, 1.807) is 4.90 Å². The number of aromatic amines is 1. The number of carbonyl (C=O) groups excluding carboxylic acids is 1. The number of hydrogen-bond acceptors (Lipinski definition) is 3. The Morgan fingerprint density at radius 2 is 1.96 bits per heavy atom. The van der Waals surface area contributed by atoms with Gasteiger partial charge in [-0.25, -0.2) is 0 Å². The number of carbonyl (C=O) groups is 2. The fourth-order valence-electron chi connectivity index (χ4n) is 3.46. The first-order valence-corrected chi connectivity index (χ1v) is 8.53. The normalized spacial score (nSPS) is 20.0. The molecule has 25 heavy (non-hydrogen) atoms. The molecule has 1 fully saturated rings. The smallest absolute Gasteiger partial charge is 0.308 e. The Morgan fingerprint density at radius 3 is 2.56 bits per heavy atom. The Bertz CT molecular complexity index is 769. The number of carboxylic acid groups (broad SMARTS) is 1. The van der Waals surface area contributed by atoms with Crippen LogP contribution in [0.1, 0.15) is 34.9 Å². The lowest BCUT2D eigenvalue weighted by atomic mass is 9.89. The molecule has 0 bridgehead atoms. The van der Waals surface area contributed by atoms with Crippen molar-refractivity contribution >= 4 is 11.9 Å². The molecule has 0 spiro atoms. The van der Waals surface area contributed by atoms with Crippen molar-refractivity contribution in [2.75, 3.05) is 13.1 Å². The summed E-state index contributed by atoms with van der Waals surface area (Å²) in [5.41, 5.74) is 3.97. The molecule has 2 atom stereocenters. The van der Waals surface area contributed by atoms with E-state index >= 15 is 0 Å². The first kappa shape index (κ1) is 17.2. The summed E-state index contributed by atoms with van der Waals surface area (Å²) in [6.45, 7) is 4.67. The van der Waals surface area contributed by atoms with Crippen LogP contribution in [0.2, 0.25) is 0 Å². The van der Waals surface area contributed by atoms with Crippen molar-refractivity contribution in [2.24, 2.45) is 5.92 Å². The van der Waals surface area contributed by atoms with Gasteiger partial charge in [0, 0.05) is 37.5 Å². The fourth-order valence-corrected chi connectivity index (χ4v) is 3.46. The molecule has 132 valence electrons. The summed E-state index contributed by atoms with van der Waals surface area (Å²) in [5, 5.41) is 16.7. The number of amides is 1. The van der Waals surface area contributed by atoms with Crippen molar-refractivity contribution in [3.63, 3.8) is 0 Å². The lowest BCUT2D eigenvalue weighted by molar-refractivity contribution is -0.141. The zero-order valence-corrected chi connectivity index (χ0v) is 14.5. The molecule has 2 N–H and O–H groups in total. The predicted molar refractivity (Wildman–Crippen MR) is 93.3 cm³/mol. The first-order chi connectivity index (χ1) is 12.0. The summed E-state index contributed by atoms with van der Waals surface area (Å²) in [5.74, 6) is -1.56. The second-order valence-electron chi connectivity index (χ2n) is 6.68. The molecule has 0 aliphatic carbocycles. The minimum atomic E-state index is -0.845. The number of rotatable bonds is 5. The van der Waals surface area contributed by atoms with E-state index in [0.29, 0.717) is 19.4 Å². The third kappa shape index (κ3) is 3.57. The fraction of sp³-hybridized carbons (Fsp3) is 0.421. The average Bonchev–Trinajstić information content (AvgIpc) is 3.19. The second-order valence-corrected chi connectivity index (χ2v) is 6.68. The maximum Gasteiger partial charge on any atom is 0.308 e. The average molecular weight is 341 g/mol. The highest BCUT2D eigenvalue weighted by Gasteiger charge is 2.40. The summed E-state index contributed by atoms with van der Waals surface area (Å²) in [6.07, 6.45) is 0.915. The Morgan fingerprint density at radius 1 is 1.24 bits per heavy atom. The maximum atomic E-state index is 12.6. The van der Waals surface area contributed by atoms with Gasteiger partial charge in [0.25, 0.3) is 0 Å². The van der Waals surface area contributed by atoms with E-state index < -0.39 is 11.9 Å². The number of nitrogens with one attached hydrogen (secondary N) is 1. The van der Waals surface area contributed by atoms with Gasteiger partial charge in [-0.15, -0.1) is 0 Å². The SMILES string of the molecule is Cc1[nH]nc(CCC(=O)N2C[C@H](C(=O)O)[C@@H](c3ccccc3)C2)c1C. The van der Waals surface area contributed by atoms with Crippen molar-refractivity contribution in [3.05, 3.63) is 52.8 Å². The van der Waals surface area contributed by atoms with Crippen LogP contribution in [0.15, 0.2) is 30.3 Å². The third-order valence-electron chi connectivity index (χ3n) is 5.15. The summed E-state index contributed by atoms with van der Waals surface area (Å²) in [6, 6.07) is 9.59. The van der Waals surface area contributed by atoms with Crippen LogP contribution < -0.4 is 0 Å². The van der Waals surface area contributed by atoms with Crippen molar-refractivity contribution in [3.8, 4) is 0 Å². The van der Waals surface area contributed by atoms with Gasteiger partial charge < -0.3 is 10.0 Å². The van der Waals surface area contributed by atoms with Gasteiger partial charge in [-0.2, -0.15) is 5.10 Å². The van der Waals surface area contributed by atoms with Crippen LogP contribution in [0.4, 0.5) is 0 Å². The highest BCUT2D eigenvalue weighted by molar-refractivity contribution is 5.79. The van der Waals surface area contributed by atoms with Gasteiger partial charge in [-0.3, -0.25) is 14.7 Å². The topological polar surface area (TPSA) is 86.3 Å². The molecule has 1 amide bonds. The van der Waals surface area contributed by atoms with E-state index in [2.05, 4.69) is 10.2 Å². The van der Waals surface area contributed by atoms with Crippen LogP contribution in [0, 0.1) is 19.8 Å². The molecule has 3 rings (SSSR count). The van der Waals surface area contributed by atoms with E-state index in [-0.39, 0.29) is 18.4 Å². The van der Waals surface area contributed by atoms with E-state index in [4.69, 9.17) is 0 Å². The maximum absolute atomic E-state index is 12.6. The first-order valence-electron chi connectivity index (χ1n) is 8.53. The zero-order chi connectivity index (χ0) is 18.0. The van der Waals surface area contributed by atoms with Crippen LogP contribution in [0.3, 0.4) is 0 Å². The van der Waals surface area contributed by atoms with Gasteiger partial charge in [-0.05, 0) is 25.0 Å². The van der Waals surface area contributed by atoms with E-state index in [1.807, 2.05) is 44.2 Å². The molecular formula is C19H23N3O3. The number of carboxylic acids is 1. The number of hydrogen-bond donors (Lipinski definition) is 2. The molecule has 1 aromatic carbocycles. The van der Waals surface area contributed by atoms with Gasteiger partial charge in [0.05, 0.1) is 11.6 Å². The molecule has 1 aromatic heterocycles. The Hall–Kier alpha value is -2.63. The number of aryl methyl sites for hydroxylation is 2. The van der Waals surface area contributed by atoms with Gasteiger partial charge in [0.1, 0.15) is 0 Å². The molecule has 2 aromatic rings. The molecule has 0 saturated carbocycles. The van der Waals surface area contributed by atoms with E-state index in [9.17, 15) is 14.7 Å². The standard InChI is InChI=1S/C19H23N3O3/c1-12-13(2)20-21-17(12)8-9-18(23)22-10-15(16(11-22)19(24)25)14-6-4-3-5-7-14/h3-7,15-16H,8-11H2,1-2H3,(H,20,21)(H,24,25)/t15-,16+/m1/s1. The summed E-state index contributed by atoms with van der Waals surface area (Å²) in [7, 11) is 0. The molecule has 2 heterocycles. The van der Waals surface area contributed by atoms with Gasteiger partial charge >= 0.3 is 5.97 Å². The Labute approximate surface area is 146 Å². The number of likely N-dealkylation sites (tertiary alicyclic amines) is 1. The van der Waals surface area contributed by atoms with E-state index in [1.165, 1.54) is 0 Å². The highest BCUT2D eigenvalue weighted by atomic mass is 16.4. The number of aromatic nitrogens is 2. The largest absolute Gasteiger partial charge is 0.481 e. The summed E-state index contributed by atoms with van der Waals surface area (Å²) >= 11 is 0. The number of benzene rings is 1. The molecule has 1 aliphatic rings. The van der Waals surface area contributed by atoms with Crippen LogP contribution in [0.25, 0.3) is 0 Å². The lowest BCUT2D eigenvalue weighted by Gasteiger charge is -2.16. The molecule has 6 nitrogen and oxygen atoms in total. The molecular weight excluding hydrogens is 318 g/mol. The van der Waals surface area contributed by atoms with Crippen molar-refractivity contribution in [1.82, 2.24) is 15.1 Å². The Balaban J connectivity index is 1.67. The number of H-pyrrole nitrogens is 1. The summed E-state index contributed by atoms with van der Waals surface area (Å²) < 4.78 is 0. The van der Waals surface area contributed by atoms with Gasteiger partial charge in [0.2, 0.25) is 5.91 Å². The molecule has 6 heteroatoms. The number of nitrogens with zero attached hydrogens (tertiary/aromatic N) is 2. The van der Waals surface area contributed by atoms with E-state index in [0.717, 1.165) is 22.5 Å². The second kappa shape index (κ2) is 7.09. The predicted octanol–water partition coefficient (Wildman–Crippen LogP) is 2.29. The summed E-state index contributed by atoms with van der Waals surface area (Å²) in [4.78, 5) is 25.9. The van der Waals surface area contributed by atoms with Gasteiger partial charge in [-0.1, -0.05) is 30.3 Å². The minimum absolute atomic E-state index is 0.00951. The van der Waals surface area contributed by atoms with Crippen LogP contribution in [-0.2, 0) is 16.0 Å². The van der Waals surface area contributed by atoms with Crippen molar-refractivity contribution in [2.45, 2.75) is 32.6 Å². The van der Waals surface area contributed by atoms with Crippen molar-refractivity contribution in [1.29, 1.82) is 0 Å².